The van der Waals surface area contributed by atoms with Crippen molar-refractivity contribution in [2.24, 2.45) is 4.99 Å². The number of rotatable bonds is 5. The molecule has 1 heterocycles. The molecule has 28 heavy (non-hydrogen) atoms. The fraction of sp³-hybridized carbons (Fsp3) is 0.364. The summed E-state index contributed by atoms with van der Waals surface area (Å²) in [6, 6.07) is 16.7. The quantitative estimate of drug-likeness (QED) is 0.617. The zero-order valence-corrected chi connectivity index (χ0v) is 16.2. The Balaban J connectivity index is 1.65. The van der Waals surface area contributed by atoms with Crippen molar-refractivity contribution in [2.45, 2.75) is 32.4 Å². The molecule has 6 heteroatoms. The Morgan fingerprint density at radius 1 is 1.29 bits per heavy atom. The van der Waals surface area contributed by atoms with Crippen molar-refractivity contribution < 1.29 is 4.39 Å². The lowest BCUT2D eigenvalue weighted by Crippen LogP contribution is -2.51. The minimum atomic E-state index is -0.206. The van der Waals surface area contributed by atoms with Gasteiger partial charge in [-0.3, -0.25) is 0 Å². The molecule has 146 valence electrons. The van der Waals surface area contributed by atoms with Gasteiger partial charge in [0.2, 0.25) is 0 Å². The Morgan fingerprint density at radius 2 is 2.14 bits per heavy atom. The van der Waals surface area contributed by atoms with Crippen LogP contribution in [0.1, 0.15) is 30.9 Å². The third kappa shape index (κ3) is 5.46. The zero-order chi connectivity index (χ0) is 19.8. The van der Waals surface area contributed by atoms with Gasteiger partial charge in [0, 0.05) is 31.4 Å². The Kier molecular flexibility index (Phi) is 6.85. The van der Waals surface area contributed by atoms with Gasteiger partial charge in [0.1, 0.15) is 5.82 Å². The van der Waals surface area contributed by atoms with Gasteiger partial charge in [-0.1, -0.05) is 18.2 Å². The molecule has 0 radical (unpaired) electrons. The molecule has 0 saturated carbocycles. The minimum absolute atomic E-state index is 0.206. The summed E-state index contributed by atoms with van der Waals surface area (Å²) in [6.07, 6.45) is 2.08. The predicted molar refractivity (Wildman–Crippen MR) is 111 cm³/mol. The van der Waals surface area contributed by atoms with Crippen molar-refractivity contribution >= 4 is 11.6 Å². The van der Waals surface area contributed by atoms with Crippen LogP contribution in [0.25, 0.3) is 0 Å². The molecule has 1 unspecified atom stereocenters. The molecular formula is C22H26FN5. The molecule has 0 amide bonds. The van der Waals surface area contributed by atoms with Gasteiger partial charge >= 0.3 is 0 Å². The van der Waals surface area contributed by atoms with Crippen molar-refractivity contribution in [3.8, 4) is 6.07 Å². The Hall–Kier alpha value is -3.07. The molecule has 0 aromatic heterocycles. The number of nitrogens with one attached hydrogen (secondary N) is 2. The molecule has 1 atom stereocenters. The number of aliphatic imine (C=N–C) groups is 1. The van der Waals surface area contributed by atoms with E-state index in [0.717, 1.165) is 49.7 Å². The lowest BCUT2D eigenvalue weighted by atomic mass is 10.0. The second kappa shape index (κ2) is 9.75. The molecule has 2 aromatic rings. The Bertz CT molecular complexity index is 858. The maximum atomic E-state index is 13.6. The van der Waals surface area contributed by atoms with Crippen LogP contribution in [0.4, 0.5) is 10.1 Å². The van der Waals surface area contributed by atoms with Crippen LogP contribution in [0.5, 0.6) is 0 Å². The molecule has 1 saturated heterocycles. The maximum Gasteiger partial charge on any atom is 0.191 e. The van der Waals surface area contributed by atoms with E-state index >= 15 is 0 Å². The average Bonchev–Trinajstić information content (AvgIpc) is 2.72. The molecule has 2 aromatic carbocycles. The molecular weight excluding hydrogens is 353 g/mol. The number of piperidine rings is 1. The van der Waals surface area contributed by atoms with E-state index in [1.807, 2.05) is 31.2 Å². The van der Waals surface area contributed by atoms with Crippen LogP contribution in [0.3, 0.4) is 0 Å². The van der Waals surface area contributed by atoms with Gasteiger partial charge in [-0.15, -0.1) is 0 Å². The molecule has 5 nitrogen and oxygen atoms in total. The fourth-order valence-electron chi connectivity index (χ4n) is 3.43. The van der Waals surface area contributed by atoms with Gasteiger partial charge in [0.15, 0.2) is 5.96 Å². The Labute approximate surface area is 165 Å². The lowest BCUT2D eigenvalue weighted by molar-refractivity contribution is 0.467. The van der Waals surface area contributed by atoms with Crippen LogP contribution < -0.4 is 15.5 Å². The van der Waals surface area contributed by atoms with E-state index in [4.69, 9.17) is 5.26 Å². The van der Waals surface area contributed by atoms with Gasteiger partial charge in [0.05, 0.1) is 18.2 Å². The second-order valence-corrected chi connectivity index (χ2v) is 6.92. The molecule has 1 aliphatic rings. The van der Waals surface area contributed by atoms with Crippen LogP contribution in [0.15, 0.2) is 53.5 Å². The zero-order valence-electron chi connectivity index (χ0n) is 16.2. The summed E-state index contributed by atoms with van der Waals surface area (Å²) in [5.74, 6) is 0.554. The van der Waals surface area contributed by atoms with Gasteiger partial charge < -0.3 is 15.5 Å². The summed E-state index contributed by atoms with van der Waals surface area (Å²) in [7, 11) is 0. The molecule has 3 rings (SSSR count). The molecule has 1 aliphatic heterocycles. The monoisotopic (exact) mass is 379 g/mol. The minimum Gasteiger partial charge on any atom is -0.369 e. The van der Waals surface area contributed by atoms with Crippen molar-refractivity contribution in [1.29, 1.82) is 5.26 Å². The normalized spacial score (nSPS) is 17.1. The Morgan fingerprint density at radius 3 is 2.93 bits per heavy atom. The van der Waals surface area contributed by atoms with Gasteiger partial charge in [-0.2, -0.15) is 5.26 Å². The largest absolute Gasteiger partial charge is 0.369 e. The second-order valence-electron chi connectivity index (χ2n) is 6.92. The first-order valence-electron chi connectivity index (χ1n) is 9.72. The highest BCUT2D eigenvalue weighted by Gasteiger charge is 2.21. The number of benzene rings is 2. The first-order valence-corrected chi connectivity index (χ1v) is 9.72. The smallest absolute Gasteiger partial charge is 0.191 e. The van der Waals surface area contributed by atoms with Crippen molar-refractivity contribution in [2.75, 3.05) is 24.5 Å². The van der Waals surface area contributed by atoms with Crippen LogP contribution in [0, 0.1) is 17.1 Å². The number of hydrogen-bond donors (Lipinski definition) is 2. The average molecular weight is 379 g/mol. The summed E-state index contributed by atoms with van der Waals surface area (Å²) in [4.78, 5) is 6.88. The number of anilines is 1. The van der Waals surface area contributed by atoms with Gasteiger partial charge in [-0.05, 0) is 55.7 Å². The number of hydrogen-bond acceptors (Lipinski definition) is 3. The number of nitriles is 1. The van der Waals surface area contributed by atoms with E-state index in [9.17, 15) is 4.39 Å². The van der Waals surface area contributed by atoms with Crippen LogP contribution in [0.2, 0.25) is 0 Å². The van der Waals surface area contributed by atoms with Crippen LogP contribution in [-0.2, 0) is 6.54 Å². The van der Waals surface area contributed by atoms with E-state index < -0.39 is 0 Å². The fourth-order valence-corrected chi connectivity index (χ4v) is 3.43. The number of halogens is 1. The summed E-state index contributed by atoms with van der Waals surface area (Å²) >= 11 is 0. The summed E-state index contributed by atoms with van der Waals surface area (Å²) < 4.78 is 13.6. The van der Waals surface area contributed by atoms with Crippen LogP contribution in [-0.4, -0.2) is 31.6 Å². The third-order valence-electron chi connectivity index (χ3n) is 4.76. The van der Waals surface area contributed by atoms with Crippen molar-refractivity contribution in [3.63, 3.8) is 0 Å². The summed E-state index contributed by atoms with van der Waals surface area (Å²) in [5.41, 5.74) is 2.56. The lowest BCUT2D eigenvalue weighted by Gasteiger charge is -2.35. The van der Waals surface area contributed by atoms with E-state index in [-0.39, 0.29) is 11.9 Å². The van der Waals surface area contributed by atoms with Crippen molar-refractivity contribution in [1.82, 2.24) is 10.6 Å². The highest BCUT2D eigenvalue weighted by Crippen LogP contribution is 2.20. The van der Waals surface area contributed by atoms with E-state index in [0.29, 0.717) is 12.1 Å². The highest BCUT2D eigenvalue weighted by molar-refractivity contribution is 5.80. The number of nitrogens with zero attached hydrogens (tertiary/aromatic N) is 3. The first-order chi connectivity index (χ1) is 13.7. The predicted octanol–water partition coefficient (Wildman–Crippen LogP) is 3.42. The first kappa shape index (κ1) is 19.7. The van der Waals surface area contributed by atoms with Crippen molar-refractivity contribution in [3.05, 3.63) is 65.5 Å². The standard InChI is InChI=1S/C22H26FN5/c1-2-25-22(26-15-18-7-3-6-17(12-18)14-24)27-20-9-5-11-28(16-20)21-10-4-8-19(23)13-21/h3-4,6-8,10,12-13,20H,2,5,9,11,15-16H2,1H3,(H2,25,26,27). The van der Waals surface area contributed by atoms with Crippen LogP contribution >= 0.6 is 0 Å². The summed E-state index contributed by atoms with van der Waals surface area (Å²) in [5, 5.41) is 15.8. The molecule has 1 fully saturated rings. The van der Waals surface area contributed by atoms with E-state index in [1.165, 1.54) is 6.07 Å². The number of guanidine groups is 1. The highest BCUT2D eigenvalue weighted by atomic mass is 19.1. The maximum absolute atomic E-state index is 13.6. The van der Waals surface area contributed by atoms with E-state index in [1.54, 1.807) is 18.2 Å². The molecule has 0 spiro atoms. The van der Waals surface area contributed by atoms with Gasteiger partial charge in [-0.25, -0.2) is 9.38 Å². The molecule has 0 aliphatic carbocycles. The molecule has 0 bridgehead atoms. The van der Waals surface area contributed by atoms with Gasteiger partial charge in [0.25, 0.3) is 0 Å². The SMILES string of the molecule is CCNC(=NCc1cccc(C#N)c1)NC1CCCN(c2cccc(F)c2)C1. The van der Waals surface area contributed by atoms with E-state index in [2.05, 4.69) is 26.6 Å². The summed E-state index contributed by atoms with van der Waals surface area (Å²) in [6.45, 7) is 5.04. The molecule has 2 N–H and O–H groups in total. The third-order valence-corrected chi connectivity index (χ3v) is 4.76. The topological polar surface area (TPSA) is 63.5 Å².